The Bertz CT molecular complexity index is 662. The van der Waals surface area contributed by atoms with Crippen molar-refractivity contribution in [3.05, 3.63) is 42.0 Å². The quantitative estimate of drug-likeness (QED) is 0.486. The molecule has 5 nitrogen and oxygen atoms in total. The van der Waals surface area contributed by atoms with E-state index in [1.54, 1.807) is 13.3 Å². The number of allylic oxidation sites excluding steroid dienone is 2. The first-order valence-corrected chi connectivity index (χ1v) is 7.43. The van der Waals surface area contributed by atoms with E-state index < -0.39 is 0 Å². The zero-order valence-electron chi connectivity index (χ0n) is 12.2. The maximum absolute atomic E-state index is 12.4. The summed E-state index contributed by atoms with van der Waals surface area (Å²) in [7, 11) is 1.60. The van der Waals surface area contributed by atoms with Crippen LogP contribution in [0, 0.1) is 23.7 Å². The lowest BCUT2D eigenvalue weighted by molar-refractivity contribution is -0.140. The van der Waals surface area contributed by atoms with Crippen LogP contribution in [0.1, 0.15) is 12.0 Å². The Hall–Kier alpha value is -2.43. The Labute approximate surface area is 128 Å². The molecular formula is C17H16N2O3. The smallest absolute Gasteiger partial charge is 0.254 e. The lowest BCUT2D eigenvalue weighted by atomic mass is 9.85. The van der Waals surface area contributed by atoms with Gasteiger partial charge in [0.25, 0.3) is 11.8 Å². The van der Waals surface area contributed by atoms with Crippen molar-refractivity contribution in [2.24, 2.45) is 28.8 Å². The minimum Gasteiger partial charge on any atom is -0.497 e. The maximum Gasteiger partial charge on any atom is 0.254 e. The number of benzene rings is 1. The molecule has 1 aromatic rings. The van der Waals surface area contributed by atoms with Crippen LogP contribution in [0.3, 0.4) is 0 Å². The number of amides is 2. The van der Waals surface area contributed by atoms with Crippen molar-refractivity contribution in [1.82, 2.24) is 5.01 Å². The van der Waals surface area contributed by atoms with Gasteiger partial charge in [0.1, 0.15) is 5.75 Å². The van der Waals surface area contributed by atoms with E-state index in [-0.39, 0.29) is 35.5 Å². The highest BCUT2D eigenvalue weighted by Crippen LogP contribution is 2.52. The van der Waals surface area contributed by atoms with Crippen LogP contribution in [0.25, 0.3) is 0 Å². The van der Waals surface area contributed by atoms with E-state index in [9.17, 15) is 9.59 Å². The van der Waals surface area contributed by atoms with Crippen molar-refractivity contribution in [1.29, 1.82) is 0 Å². The second-order valence-corrected chi connectivity index (χ2v) is 6.01. The van der Waals surface area contributed by atoms with Gasteiger partial charge in [0.05, 0.1) is 25.2 Å². The third-order valence-corrected chi connectivity index (χ3v) is 4.89. The van der Waals surface area contributed by atoms with Gasteiger partial charge in [-0.05, 0) is 48.1 Å². The first-order chi connectivity index (χ1) is 10.7. The summed E-state index contributed by atoms with van der Waals surface area (Å²) < 4.78 is 5.09. The molecule has 4 atom stereocenters. The lowest BCUT2D eigenvalue weighted by Crippen LogP contribution is -2.28. The highest BCUT2D eigenvalue weighted by atomic mass is 16.5. The van der Waals surface area contributed by atoms with Gasteiger partial charge in [0.15, 0.2) is 0 Å². The normalized spacial score (nSPS) is 32.3. The number of hydrazone groups is 1. The predicted molar refractivity (Wildman–Crippen MR) is 80.2 cm³/mol. The summed E-state index contributed by atoms with van der Waals surface area (Å²) in [5.74, 6) is 0.474. The molecule has 4 rings (SSSR count). The fourth-order valence-corrected chi connectivity index (χ4v) is 3.81. The zero-order valence-corrected chi connectivity index (χ0v) is 12.2. The molecule has 2 fully saturated rings. The molecule has 3 aliphatic rings. The van der Waals surface area contributed by atoms with Crippen molar-refractivity contribution in [3.63, 3.8) is 0 Å². The van der Waals surface area contributed by atoms with Crippen molar-refractivity contribution in [3.8, 4) is 5.75 Å². The predicted octanol–water partition coefficient (Wildman–Crippen LogP) is 1.84. The van der Waals surface area contributed by atoms with Crippen LogP contribution in [0.4, 0.5) is 0 Å². The molecule has 1 heterocycles. The second kappa shape index (κ2) is 4.80. The van der Waals surface area contributed by atoms with Gasteiger partial charge in [-0.15, -0.1) is 0 Å². The standard InChI is InChI=1S/C17H16N2O3/c1-22-13-6-2-10(3-7-13)9-18-19-16(20)14-11-4-5-12(8-11)15(14)17(19)21/h2-7,9,11-12,14-15H,8H2,1H3/b18-9-/t11-,12-,14+,15+/m0/s1. The first-order valence-electron chi connectivity index (χ1n) is 7.43. The monoisotopic (exact) mass is 296 g/mol. The lowest BCUT2D eigenvalue weighted by Gasteiger charge is -2.13. The average Bonchev–Trinajstić information content (AvgIpc) is 3.21. The van der Waals surface area contributed by atoms with E-state index in [0.717, 1.165) is 22.7 Å². The molecule has 1 saturated carbocycles. The van der Waals surface area contributed by atoms with Crippen LogP contribution in [-0.4, -0.2) is 30.1 Å². The largest absolute Gasteiger partial charge is 0.497 e. The number of fused-ring (bicyclic) bond motifs is 5. The Kier molecular flexibility index (Phi) is 2.89. The highest BCUT2D eigenvalue weighted by molar-refractivity contribution is 6.06. The molecule has 1 saturated heterocycles. The SMILES string of the molecule is COc1ccc(/C=N\N2C(=O)[C@H]3[C@H](C2=O)[C@H]2C=C[C@H]3C2)cc1. The minimum atomic E-state index is -0.199. The fourth-order valence-electron chi connectivity index (χ4n) is 3.81. The first kappa shape index (κ1) is 13.2. The maximum atomic E-state index is 12.4. The van der Waals surface area contributed by atoms with Gasteiger partial charge < -0.3 is 4.74 Å². The number of methoxy groups -OCH3 is 1. The Balaban J connectivity index is 1.55. The third-order valence-electron chi connectivity index (χ3n) is 4.89. The van der Waals surface area contributed by atoms with Crippen molar-refractivity contribution in [2.45, 2.75) is 6.42 Å². The highest BCUT2D eigenvalue weighted by Gasteiger charge is 2.59. The van der Waals surface area contributed by atoms with Crippen LogP contribution in [0.15, 0.2) is 41.5 Å². The van der Waals surface area contributed by atoms with Gasteiger partial charge in [-0.2, -0.15) is 10.1 Å². The van der Waals surface area contributed by atoms with Crippen molar-refractivity contribution in [2.75, 3.05) is 7.11 Å². The number of hydrogen-bond donors (Lipinski definition) is 0. The van der Waals surface area contributed by atoms with E-state index in [2.05, 4.69) is 17.3 Å². The summed E-state index contributed by atoms with van der Waals surface area (Å²) in [6.07, 6.45) is 6.63. The molecule has 0 unspecified atom stereocenters. The number of nitrogens with zero attached hydrogens (tertiary/aromatic N) is 2. The van der Waals surface area contributed by atoms with Gasteiger partial charge in [-0.1, -0.05) is 12.2 Å². The molecule has 0 spiro atoms. The second-order valence-electron chi connectivity index (χ2n) is 6.01. The number of rotatable bonds is 3. The summed E-state index contributed by atoms with van der Waals surface area (Å²) in [5.41, 5.74) is 0.819. The van der Waals surface area contributed by atoms with Gasteiger partial charge in [0.2, 0.25) is 0 Å². The number of carbonyl (C=O) groups is 2. The molecule has 22 heavy (non-hydrogen) atoms. The Morgan fingerprint density at radius 2 is 1.68 bits per heavy atom. The summed E-state index contributed by atoms with van der Waals surface area (Å²) in [6, 6.07) is 7.29. The third kappa shape index (κ3) is 1.81. The van der Waals surface area contributed by atoms with E-state index in [1.165, 1.54) is 0 Å². The number of imide groups is 1. The summed E-state index contributed by atoms with van der Waals surface area (Å²) in [6.45, 7) is 0. The molecular weight excluding hydrogens is 280 g/mol. The zero-order chi connectivity index (χ0) is 15.3. The molecule has 1 aliphatic heterocycles. The molecule has 112 valence electrons. The topological polar surface area (TPSA) is 59.0 Å². The van der Waals surface area contributed by atoms with Crippen molar-refractivity contribution < 1.29 is 14.3 Å². The van der Waals surface area contributed by atoms with Crippen LogP contribution >= 0.6 is 0 Å². The number of hydrogen-bond acceptors (Lipinski definition) is 4. The molecule has 0 aromatic heterocycles. The molecule has 5 heteroatoms. The molecule has 2 amide bonds. The van der Waals surface area contributed by atoms with Crippen LogP contribution in [-0.2, 0) is 9.59 Å². The van der Waals surface area contributed by atoms with E-state index in [0.29, 0.717) is 0 Å². The molecule has 1 aromatic carbocycles. The van der Waals surface area contributed by atoms with Crippen LogP contribution in [0.5, 0.6) is 5.75 Å². The number of carbonyl (C=O) groups excluding carboxylic acids is 2. The van der Waals surface area contributed by atoms with Gasteiger partial charge >= 0.3 is 0 Å². The van der Waals surface area contributed by atoms with Crippen molar-refractivity contribution >= 4 is 18.0 Å². The summed E-state index contributed by atoms with van der Waals surface area (Å²) in [5, 5.41) is 5.19. The average molecular weight is 296 g/mol. The van der Waals surface area contributed by atoms with Gasteiger partial charge in [0, 0.05) is 0 Å². The van der Waals surface area contributed by atoms with E-state index in [1.807, 2.05) is 24.3 Å². The minimum absolute atomic E-state index is 0.156. The molecule has 2 bridgehead atoms. The molecule has 2 aliphatic carbocycles. The Morgan fingerprint density at radius 3 is 2.23 bits per heavy atom. The Morgan fingerprint density at radius 1 is 1.09 bits per heavy atom. The van der Waals surface area contributed by atoms with Gasteiger partial charge in [-0.25, -0.2) is 0 Å². The van der Waals surface area contributed by atoms with Crippen LogP contribution < -0.4 is 4.74 Å². The number of ether oxygens (including phenoxy) is 1. The van der Waals surface area contributed by atoms with Gasteiger partial charge in [-0.3, -0.25) is 9.59 Å². The van der Waals surface area contributed by atoms with E-state index >= 15 is 0 Å². The fraction of sp³-hybridized carbons (Fsp3) is 0.353. The summed E-state index contributed by atoms with van der Waals surface area (Å²) >= 11 is 0. The van der Waals surface area contributed by atoms with E-state index in [4.69, 9.17) is 4.74 Å². The van der Waals surface area contributed by atoms with Crippen LogP contribution in [0.2, 0.25) is 0 Å². The summed E-state index contributed by atoms with van der Waals surface area (Å²) in [4.78, 5) is 24.9. The molecule has 0 radical (unpaired) electrons. The molecule has 0 N–H and O–H groups in total.